The Balaban J connectivity index is 0.00000144. The van der Waals surface area contributed by atoms with Crippen LogP contribution in [-0.2, 0) is 6.54 Å². The Morgan fingerprint density at radius 3 is 1.76 bits per heavy atom. The molecule has 17 heavy (non-hydrogen) atoms. The molecule has 0 fully saturated rings. The molecule has 0 saturated carbocycles. The summed E-state index contributed by atoms with van der Waals surface area (Å²) in [4.78, 5) is 0. The molecule has 5 N–H and O–H groups in total. The maximum Gasteiger partial charge on any atom is 0.0400 e. The topological polar surface area (TPSA) is 64.1 Å². The summed E-state index contributed by atoms with van der Waals surface area (Å²) in [6.45, 7) is 0.782. The molecule has 2 rings (SSSR count). The highest BCUT2D eigenvalue weighted by molar-refractivity contribution is 5.85. The summed E-state index contributed by atoms with van der Waals surface area (Å²) in [5.74, 6) is 0. The van der Waals surface area contributed by atoms with Crippen molar-refractivity contribution < 1.29 is 0 Å². The zero-order valence-corrected chi connectivity index (χ0v) is 10.2. The van der Waals surface area contributed by atoms with Crippen molar-refractivity contribution in [3.63, 3.8) is 0 Å². The Kier molecular flexibility index (Phi) is 4.67. The van der Waals surface area contributed by atoms with Crippen LogP contribution in [0.5, 0.6) is 0 Å². The predicted octanol–water partition coefficient (Wildman–Crippen LogP) is 2.88. The maximum atomic E-state index is 5.62. The number of anilines is 3. The SMILES string of the molecule is Cl.Nc1ccc(CNc2ccc(N)cc2)cc1. The van der Waals surface area contributed by atoms with Crippen LogP contribution in [0.4, 0.5) is 17.1 Å². The van der Waals surface area contributed by atoms with E-state index in [1.165, 1.54) is 5.56 Å². The molecule has 0 spiro atoms. The molecule has 0 bridgehead atoms. The van der Waals surface area contributed by atoms with E-state index in [-0.39, 0.29) is 12.4 Å². The van der Waals surface area contributed by atoms with Gasteiger partial charge in [0.2, 0.25) is 0 Å². The monoisotopic (exact) mass is 249 g/mol. The van der Waals surface area contributed by atoms with Gasteiger partial charge in [0.25, 0.3) is 0 Å². The first-order valence-corrected chi connectivity index (χ1v) is 5.18. The lowest BCUT2D eigenvalue weighted by atomic mass is 10.2. The van der Waals surface area contributed by atoms with Gasteiger partial charge in [0, 0.05) is 23.6 Å². The van der Waals surface area contributed by atoms with Gasteiger partial charge in [-0.25, -0.2) is 0 Å². The predicted molar refractivity (Wildman–Crippen MR) is 76.3 cm³/mol. The van der Waals surface area contributed by atoms with Crippen LogP contribution in [0.15, 0.2) is 48.5 Å². The van der Waals surface area contributed by atoms with Crippen LogP contribution in [0.2, 0.25) is 0 Å². The van der Waals surface area contributed by atoms with Crippen LogP contribution < -0.4 is 16.8 Å². The smallest absolute Gasteiger partial charge is 0.0400 e. The highest BCUT2D eigenvalue weighted by atomic mass is 35.5. The van der Waals surface area contributed by atoms with Crippen LogP contribution in [0, 0.1) is 0 Å². The summed E-state index contributed by atoms with van der Waals surface area (Å²) in [6.07, 6.45) is 0. The van der Waals surface area contributed by atoms with Crippen molar-refractivity contribution in [2.45, 2.75) is 6.54 Å². The highest BCUT2D eigenvalue weighted by Crippen LogP contribution is 2.12. The standard InChI is InChI=1S/C13H15N3.ClH/c14-11-3-1-10(2-4-11)9-16-13-7-5-12(15)6-8-13;/h1-8,16H,9,14-15H2;1H. The van der Waals surface area contributed by atoms with Gasteiger partial charge in [-0.15, -0.1) is 12.4 Å². The van der Waals surface area contributed by atoms with Crippen molar-refractivity contribution in [2.24, 2.45) is 0 Å². The van der Waals surface area contributed by atoms with Gasteiger partial charge < -0.3 is 16.8 Å². The minimum Gasteiger partial charge on any atom is -0.399 e. The molecule has 0 heterocycles. The molecule has 90 valence electrons. The number of halogens is 1. The minimum absolute atomic E-state index is 0. The number of hydrogen-bond donors (Lipinski definition) is 3. The summed E-state index contributed by atoms with van der Waals surface area (Å²) in [5.41, 5.74) is 15.1. The Labute approximate surface area is 107 Å². The van der Waals surface area contributed by atoms with E-state index >= 15 is 0 Å². The summed E-state index contributed by atoms with van der Waals surface area (Å²) < 4.78 is 0. The molecule has 0 saturated heterocycles. The second kappa shape index (κ2) is 6.01. The van der Waals surface area contributed by atoms with Crippen molar-refractivity contribution in [1.82, 2.24) is 0 Å². The summed E-state index contributed by atoms with van der Waals surface area (Å²) >= 11 is 0. The van der Waals surface area contributed by atoms with Gasteiger partial charge in [-0.1, -0.05) is 12.1 Å². The fraction of sp³-hybridized carbons (Fsp3) is 0.0769. The largest absolute Gasteiger partial charge is 0.399 e. The second-order valence-corrected chi connectivity index (χ2v) is 3.72. The number of nitrogens with one attached hydrogen (secondary N) is 1. The first-order chi connectivity index (χ1) is 7.74. The average Bonchev–Trinajstić information content (AvgIpc) is 2.30. The Morgan fingerprint density at radius 2 is 1.24 bits per heavy atom. The van der Waals surface area contributed by atoms with Crippen LogP contribution in [-0.4, -0.2) is 0 Å². The van der Waals surface area contributed by atoms with Gasteiger partial charge in [-0.3, -0.25) is 0 Å². The van der Waals surface area contributed by atoms with E-state index < -0.39 is 0 Å². The van der Waals surface area contributed by atoms with E-state index in [9.17, 15) is 0 Å². The van der Waals surface area contributed by atoms with E-state index in [1.807, 2.05) is 48.5 Å². The van der Waals surface area contributed by atoms with Gasteiger partial charge in [-0.2, -0.15) is 0 Å². The quantitative estimate of drug-likeness (QED) is 0.733. The lowest BCUT2D eigenvalue weighted by molar-refractivity contribution is 1.15. The lowest BCUT2D eigenvalue weighted by Crippen LogP contribution is -1.99. The lowest BCUT2D eigenvalue weighted by Gasteiger charge is -2.06. The molecule has 0 aliphatic heterocycles. The van der Waals surface area contributed by atoms with Crippen LogP contribution >= 0.6 is 12.4 Å². The van der Waals surface area contributed by atoms with Crippen molar-refractivity contribution in [3.8, 4) is 0 Å². The van der Waals surface area contributed by atoms with E-state index in [0.29, 0.717) is 0 Å². The molecule has 0 radical (unpaired) electrons. The molecule has 0 amide bonds. The number of nitrogen functional groups attached to an aromatic ring is 2. The number of benzene rings is 2. The first kappa shape index (κ1) is 13.2. The summed E-state index contributed by atoms with van der Waals surface area (Å²) in [6, 6.07) is 15.5. The molecule has 0 aromatic heterocycles. The molecule has 4 heteroatoms. The third kappa shape index (κ3) is 3.89. The maximum absolute atomic E-state index is 5.62. The van der Waals surface area contributed by atoms with E-state index in [1.54, 1.807) is 0 Å². The highest BCUT2D eigenvalue weighted by Gasteiger charge is 1.94. The molecule has 0 unspecified atom stereocenters. The number of nitrogens with two attached hydrogens (primary N) is 2. The third-order valence-corrected chi connectivity index (χ3v) is 2.39. The molecular weight excluding hydrogens is 234 g/mol. The molecule has 2 aromatic carbocycles. The van der Waals surface area contributed by atoms with Crippen molar-refractivity contribution in [3.05, 3.63) is 54.1 Å². The van der Waals surface area contributed by atoms with Crippen molar-refractivity contribution >= 4 is 29.5 Å². The van der Waals surface area contributed by atoms with Gasteiger partial charge in [-0.05, 0) is 42.0 Å². The van der Waals surface area contributed by atoms with Gasteiger partial charge >= 0.3 is 0 Å². The molecule has 0 aliphatic rings. The van der Waals surface area contributed by atoms with Crippen LogP contribution in [0.1, 0.15) is 5.56 Å². The molecular formula is C13H16ClN3. The van der Waals surface area contributed by atoms with E-state index in [2.05, 4.69) is 5.32 Å². The van der Waals surface area contributed by atoms with Crippen molar-refractivity contribution in [1.29, 1.82) is 0 Å². The van der Waals surface area contributed by atoms with Crippen molar-refractivity contribution in [2.75, 3.05) is 16.8 Å². The van der Waals surface area contributed by atoms with Gasteiger partial charge in [0.15, 0.2) is 0 Å². The normalized spacial score (nSPS) is 9.41. The van der Waals surface area contributed by atoms with Crippen LogP contribution in [0.3, 0.4) is 0 Å². The van der Waals surface area contributed by atoms with Gasteiger partial charge in [0.1, 0.15) is 0 Å². The Bertz CT molecular complexity index is 406. The van der Waals surface area contributed by atoms with Gasteiger partial charge in [0.05, 0.1) is 0 Å². The second-order valence-electron chi connectivity index (χ2n) is 3.72. The molecule has 0 aliphatic carbocycles. The third-order valence-electron chi connectivity index (χ3n) is 2.39. The zero-order valence-electron chi connectivity index (χ0n) is 9.39. The fourth-order valence-electron chi connectivity index (χ4n) is 1.44. The Morgan fingerprint density at radius 1 is 0.765 bits per heavy atom. The minimum atomic E-state index is 0. The zero-order chi connectivity index (χ0) is 11.4. The molecule has 2 aromatic rings. The molecule has 0 atom stereocenters. The first-order valence-electron chi connectivity index (χ1n) is 5.18. The van der Waals surface area contributed by atoms with Crippen LogP contribution in [0.25, 0.3) is 0 Å². The fourth-order valence-corrected chi connectivity index (χ4v) is 1.44. The number of hydrogen-bond acceptors (Lipinski definition) is 3. The summed E-state index contributed by atoms with van der Waals surface area (Å²) in [7, 11) is 0. The Hall–Kier alpha value is -1.87. The van der Waals surface area contributed by atoms with E-state index in [4.69, 9.17) is 11.5 Å². The molecule has 3 nitrogen and oxygen atoms in total. The number of rotatable bonds is 3. The average molecular weight is 250 g/mol. The summed E-state index contributed by atoms with van der Waals surface area (Å²) in [5, 5.41) is 3.31. The van der Waals surface area contributed by atoms with E-state index in [0.717, 1.165) is 23.6 Å².